The first-order valence-electron chi connectivity index (χ1n) is 9.31. The van der Waals surface area contributed by atoms with Gasteiger partial charge in [-0.15, -0.1) is 0 Å². The van der Waals surface area contributed by atoms with Crippen LogP contribution < -0.4 is 4.74 Å². The first-order chi connectivity index (χ1) is 13.1. The summed E-state index contributed by atoms with van der Waals surface area (Å²) < 4.78 is 10.3. The average Bonchev–Trinajstić information content (AvgIpc) is 3.36. The zero-order chi connectivity index (χ0) is 18.8. The highest BCUT2D eigenvalue weighted by atomic mass is 16.5. The first-order valence-corrected chi connectivity index (χ1v) is 9.31. The molecule has 0 aliphatic carbocycles. The van der Waals surface area contributed by atoms with Crippen molar-refractivity contribution < 1.29 is 19.1 Å². The highest BCUT2D eigenvalue weighted by Gasteiger charge is 2.26. The molecule has 0 radical (unpaired) electrons. The number of likely N-dealkylation sites (tertiary alicyclic amines) is 1. The minimum Gasteiger partial charge on any atom is -0.493 e. The summed E-state index contributed by atoms with van der Waals surface area (Å²) in [6.45, 7) is 2.01. The molecule has 27 heavy (non-hydrogen) atoms. The van der Waals surface area contributed by atoms with E-state index in [4.69, 9.17) is 9.47 Å². The van der Waals surface area contributed by atoms with Crippen molar-refractivity contribution in [2.24, 2.45) is 5.92 Å². The molecule has 1 fully saturated rings. The maximum Gasteiger partial charge on any atom is 0.305 e. The quantitative estimate of drug-likeness (QED) is 0.837. The number of nitrogens with one attached hydrogen (secondary N) is 1. The van der Waals surface area contributed by atoms with Gasteiger partial charge in [0, 0.05) is 31.5 Å². The molecule has 3 heterocycles. The third kappa shape index (κ3) is 3.67. The number of methoxy groups -OCH3 is 1. The molecule has 7 nitrogen and oxygen atoms in total. The Morgan fingerprint density at radius 2 is 2.11 bits per heavy atom. The van der Waals surface area contributed by atoms with Gasteiger partial charge in [0.1, 0.15) is 11.4 Å². The lowest BCUT2D eigenvalue weighted by atomic mass is 9.93. The lowest BCUT2D eigenvalue weighted by Crippen LogP contribution is -2.39. The molecular weight excluding hydrogens is 346 g/mol. The van der Waals surface area contributed by atoms with E-state index in [9.17, 15) is 9.59 Å². The van der Waals surface area contributed by atoms with Crippen LogP contribution in [0.25, 0.3) is 11.3 Å². The van der Waals surface area contributed by atoms with Crippen molar-refractivity contribution in [3.05, 3.63) is 35.5 Å². The average molecular weight is 369 g/mol. The Hall–Kier alpha value is -2.83. The SMILES string of the molecule is COC(=O)CC1CCN(C(=O)c2cc(-c3ccc4c(c3)CCO4)n[nH]2)CC1. The molecule has 0 atom stereocenters. The third-order valence-corrected chi connectivity index (χ3v) is 5.38. The van der Waals surface area contributed by atoms with Gasteiger partial charge >= 0.3 is 5.97 Å². The highest BCUT2D eigenvalue weighted by Crippen LogP contribution is 2.30. The zero-order valence-corrected chi connectivity index (χ0v) is 15.4. The number of esters is 1. The number of hydrogen-bond donors (Lipinski definition) is 1. The van der Waals surface area contributed by atoms with Crippen LogP contribution in [0, 0.1) is 5.92 Å². The number of carbonyl (C=O) groups is 2. The summed E-state index contributed by atoms with van der Waals surface area (Å²) in [4.78, 5) is 26.0. The van der Waals surface area contributed by atoms with Crippen LogP contribution in [-0.4, -0.2) is 53.8 Å². The predicted molar refractivity (Wildman–Crippen MR) is 98.5 cm³/mol. The maximum absolute atomic E-state index is 12.8. The molecule has 1 aromatic carbocycles. The lowest BCUT2D eigenvalue weighted by Gasteiger charge is -2.31. The van der Waals surface area contributed by atoms with E-state index in [1.807, 2.05) is 17.0 Å². The van der Waals surface area contributed by atoms with E-state index in [1.54, 1.807) is 6.07 Å². The number of rotatable bonds is 4. The summed E-state index contributed by atoms with van der Waals surface area (Å²) in [7, 11) is 1.41. The van der Waals surface area contributed by atoms with E-state index in [-0.39, 0.29) is 17.8 Å². The van der Waals surface area contributed by atoms with Crippen LogP contribution in [0.5, 0.6) is 5.75 Å². The number of piperidine rings is 1. The molecule has 1 N–H and O–H groups in total. The van der Waals surface area contributed by atoms with E-state index in [0.717, 1.165) is 42.9 Å². The molecule has 142 valence electrons. The summed E-state index contributed by atoms with van der Waals surface area (Å²) in [5.41, 5.74) is 3.41. The van der Waals surface area contributed by atoms with Gasteiger partial charge in [0.2, 0.25) is 0 Å². The smallest absolute Gasteiger partial charge is 0.305 e. The molecule has 0 saturated carbocycles. The number of ether oxygens (including phenoxy) is 2. The fourth-order valence-electron chi connectivity index (χ4n) is 3.75. The van der Waals surface area contributed by atoms with E-state index < -0.39 is 0 Å². The molecule has 1 saturated heterocycles. The van der Waals surface area contributed by atoms with E-state index in [1.165, 1.54) is 12.7 Å². The minimum atomic E-state index is -0.183. The number of aromatic nitrogens is 2. The lowest BCUT2D eigenvalue weighted by molar-refractivity contribution is -0.142. The van der Waals surface area contributed by atoms with Crippen molar-refractivity contribution in [3.8, 4) is 17.0 Å². The van der Waals surface area contributed by atoms with Crippen LogP contribution >= 0.6 is 0 Å². The zero-order valence-electron chi connectivity index (χ0n) is 15.4. The van der Waals surface area contributed by atoms with Crippen LogP contribution in [0.15, 0.2) is 24.3 Å². The van der Waals surface area contributed by atoms with Crippen molar-refractivity contribution in [2.45, 2.75) is 25.7 Å². The number of amides is 1. The van der Waals surface area contributed by atoms with Crippen molar-refractivity contribution >= 4 is 11.9 Å². The normalized spacial score (nSPS) is 16.7. The second-order valence-electron chi connectivity index (χ2n) is 7.10. The van der Waals surface area contributed by atoms with Crippen molar-refractivity contribution in [1.82, 2.24) is 15.1 Å². The third-order valence-electron chi connectivity index (χ3n) is 5.38. The molecule has 2 aliphatic rings. The Kier molecular flexibility index (Phi) is 4.83. The summed E-state index contributed by atoms with van der Waals surface area (Å²) >= 11 is 0. The van der Waals surface area contributed by atoms with Gasteiger partial charge in [-0.25, -0.2) is 0 Å². The molecule has 7 heteroatoms. The van der Waals surface area contributed by atoms with Gasteiger partial charge < -0.3 is 14.4 Å². The van der Waals surface area contributed by atoms with E-state index >= 15 is 0 Å². The van der Waals surface area contributed by atoms with Crippen LogP contribution in [0.4, 0.5) is 0 Å². The van der Waals surface area contributed by atoms with Gasteiger partial charge in [-0.2, -0.15) is 5.10 Å². The van der Waals surface area contributed by atoms with Gasteiger partial charge in [0.15, 0.2) is 0 Å². The number of carbonyl (C=O) groups excluding carboxylic acids is 2. The second-order valence-corrected chi connectivity index (χ2v) is 7.10. The Labute approximate surface area is 157 Å². The largest absolute Gasteiger partial charge is 0.493 e. The summed E-state index contributed by atoms with van der Waals surface area (Å²) in [6.07, 6.45) is 2.95. The summed E-state index contributed by atoms with van der Waals surface area (Å²) in [5.74, 6) is 0.986. The van der Waals surface area contributed by atoms with Crippen molar-refractivity contribution in [3.63, 3.8) is 0 Å². The molecule has 0 unspecified atom stereocenters. The molecule has 1 aromatic heterocycles. The van der Waals surface area contributed by atoms with Gasteiger partial charge in [0.25, 0.3) is 5.91 Å². The van der Waals surface area contributed by atoms with E-state index in [0.29, 0.717) is 25.2 Å². The fraction of sp³-hybridized carbons (Fsp3) is 0.450. The maximum atomic E-state index is 12.8. The Balaban J connectivity index is 1.40. The van der Waals surface area contributed by atoms with Gasteiger partial charge in [-0.3, -0.25) is 14.7 Å². The number of nitrogens with zero attached hydrogens (tertiary/aromatic N) is 2. The van der Waals surface area contributed by atoms with Gasteiger partial charge in [-0.05, 0) is 48.6 Å². The van der Waals surface area contributed by atoms with Crippen molar-refractivity contribution in [1.29, 1.82) is 0 Å². The van der Waals surface area contributed by atoms with Crippen LogP contribution in [-0.2, 0) is 16.0 Å². The van der Waals surface area contributed by atoms with Crippen LogP contribution in [0.2, 0.25) is 0 Å². The summed E-state index contributed by atoms with van der Waals surface area (Å²) in [5, 5.41) is 7.19. The predicted octanol–water partition coefficient (Wildman–Crippen LogP) is 2.43. The number of benzene rings is 1. The molecule has 0 bridgehead atoms. The monoisotopic (exact) mass is 369 g/mol. The number of hydrogen-bond acceptors (Lipinski definition) is 5. The number of fused-ring (bicyclic) bond motifs is 1. The van der Waals surface area contributed by atoms with Gasteiger partial charge in [-0.1, -0.05) is 0 Å². The first kappa shape index (κ1) is 17.6. The highest BCUT2D eigenvalue weighted by molar-refractivity contribution is 5.93. The van der Waals surface area contributed by atoms with Gasteiger partial charge in [0.05, 0.1) is 19.4 Å². The Bertz CT molecular complexity index is 853. The van der Waals surface area contributed by atoms with Crippen molar-refractivity contribution in [2.75, 3.05) is 26.8 Å². The van der Waals surface area contributed by atoms with E-state index in [2.05, 4.69) is 16.3 Å². The second kappa shape index (κ2) is 7.42. The number of aromatic amines is 1. The Morgan fingerprint density at radius 3 is 2.89 bits per heavy atom. The van der Waals surface area contributed by atoms with Crippen LogP contribution in [0.3, 0.4) is 0 Å². The standard InChI is InChI=1S/C20H23N3O4/c1-26-19(24)10-13-4-7-23(8-5-13)20(25)17-12-16(21-22-17)14-2-3-18-15(11-14)6-9-27-18/h2-3,11-13H,4-10H2,1H3,(H,21,22). The molecule has 0 spiro atoms. The molecular formula is C20H23N3O4. The topological polar surface area (TPSA) is 84.5 Å². The van der Waals surface area contributed by atoms with Crippen LogP contribution in [0.1, 0.15) is 35.3 Å². The number of H-pyrrole nitrogens is 1. The Morgan fingerprint density at radius 1 is 1.30 bits per heavy atom. The molecule has 1 amide bonds. The molecule has 2 aromatic rings. The molecule has 4 rings (SSSR count). The minimum absolute atomic E-state index is 0.0465. The molecule has 2 aliphatic heterocycles. The summed E-state index contributed by atoms with van der Waals surface area (Å²) in [6, 6.07) is 7.80. The fourth-order valence-corrected chi connectivity index (χ4v) is 3.75.